The van der Waals surface area contributed by atoms with Crippen molar-refractivity contribution in [2.45, 2.75) is 4.90 Å². The third-order valence-electron chi connectivity index (χ3n) is 1.78. The van der Waals surface area contributed by atoms with Crippen LogP contribution in [0.3, 0.4) is 0 Å². The topological polar surface area (TPSA) is 103 Å². The predicted molar refractivity (Wildman–Crippen MR) is 70.6 cm³/mol. The summed E-state index contributed by atoms with van der Waals surface area (Å²) in [6.07, 6.45) is 3.33. The fraction of sp³-hybridized carbons (Fsp3) is 0.111. The number of amidine groups is 1. The van der Waals surface area contributed by atoms with Gasteiger partial charge in [-0.25, -0.2) is 4.99 Å². The molecule has 0 amide bonds. The first-order valence-corrected chi connectivity index (χ1v) is 7.47. The molecule has 0 aromatic heterocycles. The van der Waals surface area contributed by atoms with Crippen LogP contribution in [0.15, 0.2) is 28.1 Å². The van der Waals surface area contributed by atoms with E-state index in [2.05, 4.69) is 10.3 Å². The van der Waals surface area contributed by atoms with Gasteiger partial charge in [0.2, 0.25) is 0 Å². The average molecular weight is 306 g/mol. The molecule has 0 saturated heterocycles. The zero-order valence-electron chi connectivity index (χ0n) is 9.08. The number of nitriles is 1. The van der Waals surface area contributed by atoms with Crippen LogP contribution < -0.4 is 5.32 Å². The fourth-order valence-corrected chi connectivity index (χ4v) is 2.30. The van der Waals surface area contributed by atoms with Crippen molar-refractivity contribution in [1.82, 2.24) is 5.32 Å². The maximum atomic E-state index is 11.2. The lowest BCUT2D eigenvalue weighted by Gasteiger charge is -2.05. The highest BCUT2D eigenvalue weighted by molar-refractivity contribution is 8.13. The van der Waals surface area contributed by atoms with Crippen molar-refractivity contribution in [3.63, 3.8) is 0 Å². The molecule has 1 aromatic carbocycles. The highest BCUT2D eigenvalue weighted by atomic mass is 35.5. The third kappa shape index (κ3) is 3.89. The van der Waals surface area contributed by atoms with E-state index in [0.717, 1.165) is 17.8 Å². The Labute approximate surface area is 113 Å². The second-order valence-corrected chi connectivity index (χ2v) is 5.57. The second-order valence-electron chi connectivity index (χ2n) is 2.94. The van der Waals surface area contributed by atoms with Gasteiger partial charge in [0, 0.05) is 5.02 Å². The number of hydrogen-bond acceptors (Lipinski definition) is 5. The molecule has 18 heavy (non-hydrogen) atoms. The molecule has 0 bridgehead atoms. The average Bonchev–Trinajstić information content (AvgIpc) is 2.29. The van der Waals surface area contributed by atoms with Crippen LogP contribution in [0.2, 0.25) is 5.02 Å². The molecule has 1 rings (SSSR count). The molecule has 0 aliphatic carbocycles. The lowest BCUT2D eigenvalue weighted by atomic mass is 10.3. The molecule has 0 fully saturated rings. The Bertz CT molecular complexity index is 622. The van der Waals surface area contributed by atoms with Crippen LogP contribution in [0.4, 0.5) is 5.69 Å². The Balaban J connectivity index is 3.38. The summed E-state index contributed by atoms with van der Waals surface area (Å²) in [7, 11) is -4.44. The third-order valence-corrected chi connectivity index (χ3v) is 3.48. The van der Waals surface area contributed by atoms with Gasteiger partial charge in [-0.3, -0.25) is 9.87 Å². The van der Waals surface area contributed by atoms with Gasteiger partial charge < -0.3 is 0 Å². The van der Waals surface area contributed by atoms with Crippen molar-refractivity contribution in [2.75, 3.05) is 6.26 Å². The molecule has 0 heterocycles. The zero-order chi connectivity index (χ0) is 13.8. The molecule has 6 nitrogen and oxygen atoms in total. The molecule has 0 aliphatic heterocycles. The number of rotatable bonds is 2. The fourth-order valence-electron chi connectivity index (χ4n) is 1.07. The summed E-state index contributed by atoms with van der Waals surface area (Å²) in [6, 6.07) is 3.85. The van der Waals surface area contributed by atoms with Gasteiger partial charge in [-0.15, -0.1) is 0 Å². The van der Waals surface area contributed by atoms with Crippen molar-refractivity contribution in [3.8, 4) is 6.19 Å². The first kappa shape index (κ1) is 14.8. The lowest BCUT2D eigenvalue weighted by molar-refractivity contribution is 0.483. The summed E-state index contributed by atoms with van der Waals surface area (Å²) in [4.78, 5) is 3.51. The van der Waals surface area contributed by atoms with E-state index in [1.54, 1.807) is 12.4 Å². The van der Waals surface area contributed by atoms with Gasteiger partial charge in [0.25, 0.3) is 10.1 Å². The minimum atomic E-state index is -4.44. The number of nitrogens with zero attached hydrogens (tertiary/aromatic N) is 2. The molecular formula is C9H8ClN3O3S2. The number of nitrogens with one attached hydrogen (secondary N) is 1. The van der Waals surface area contributed by atoms with Gasteiger partial charge in [-0.2, -0.15) is 13.7 Å². The number of thioether (sulfide) groups is 1. The van der Waals surface area contributed by atoms with E-state index in [0.29, 0.717) is 0 Å². The van der Waals surface area contributed by atoms with Crippen molar-refractivity contribution in [1.29, 1.82) is 5.26 Å². The van der Waals surface area contributed by atoms with E-state index in [4.69, 9.17) is 21.4 Å². The SMILES string of the molecule is CSC(=Nc1ccc(Cl)cc1S(=O)(=O)O)NC#N. The maximum absolute atomic E-state index is 11.2. The minimum Gasteiger partial charge on any atom is -0.282 e. The van der Waals surface area contributed by atoms with Crippen molar-refractivity contribution < 1.29 is 13.0 Å². The molecule has 96 valence electrons. The van der Waals surface area contributed by atoms with E-state index in [9.17, 15) is 8.42 Å². The number of hydrogen-bond donors (Lipinski definition) is 2. The van der Waals surface area contributed by atoms with Crippen LogP contribution in [-0.2, 0) is 10.1 Å². The molecule has 0 atom stereocenters. The van der Waals surface area contributed by atoms with E-state index >= 15 is 0 Å². The first-order valence-electron chi connectivity index (χ1n) is 4.43. The monoisotopic (exact) mass is 305 g/mol. The van der Waals surface area contributed by atoms with Crippen LogP contribution in [-0.4, -0.2) is 24.4 Å². The lowest BCUT2D eigenvalue weighted by Crippen LogP contribution is -2.12. The number of aliphatic imine (C=N–C) groups is 1. The standard InChI is InChI=1S/C9H8ClN3O3S2/c1-17-9(12-5-11)13-7-3-2-6(10)4-8(7)18(14,15)16/h2-4H,1H3,(H,12,13)(H,14,15,16). The summed E-state index contributed by atoms with van der Waals surface area (Å²) in [6.45, 7) is 0. The van der Waals surface area contributed by atoms with Crippen molar-refractivity contribution >= 4 is 44.3 Å². The molecule has 0 radical (unpaired) electrons. The highest BCUT2D eigenvalue weighted by Crippen LogP contribution is 2.28. The van der Waals surface area contributed by atoms with Gasteiger partial charge in [-0.1, -0.05) is 23.4 Å². The Morgan fingerprint density at radius 2 is 2.28 bits per heavy atom. The van der Waals surface area contributed by atoms with E-state index in [-0.39, 0.29) is 15.9 Å². The number of halogens is 1. The van der Waals surface area contributed by atoms with E-state index < -0.39 is 15.0 Å². The Morgan fingerprint density at radius 3 is 2.78 bits per heavy atom. The van der Waals surface area contributed by atoms with Crippen LogP contribution in [0.5, 0.6) is 0 Å². The predicted octanol–water partition coefficient (Wildman–Crippen LogP) is 2.01. The summed E-state index contributed by atoms with van der Waals surface area (Å²) >= 11 is 6.78. The van der Waals surface area contributed by atoms with Crippen LogP contribution in [0.1, 0.15) is 0 Å². The molecule has 9 heteroatoms. The van der Waals surface area contributed by atoms with Crippen molar-refractivity contribution in [3.05, 3.63) is 23.2 Å². The van der Waals surface area contributed by atoms with Gasteiger partial charge in [-0.05, 0) is 24.5 Å². The molecule has 2 N–H and O–H groups in total. The van der Waals surface area contributed by atoms with E-state index in [1.165, 1.54) is 12.1 Å². The molecule has 0 saturated carbocycles. The smallest absolute Gasteiger partial charge is 0.282 e. The van der Waals surface area contributed by atoms with Gasteiger partial charge in [0.1, 0.15) is 4.90 Å². The highest BCUT2D eigenvalue weighted by Gasteiger charge is 2.16. The van der Waals surface area contributed by atoms with Gasteiger partial charge >= 0.3 is 0 Å². The molecule has 1 aromatic rings. The molecule has 0 aliphatic rings. The second kappa shape index (κ2) is 6.06. The van der Waals surface area contributed by atoms with Crippen molar-refractivity contribution in [2.24, 2.45) is 4.99 Å². The maximum Gasteiger partial charge on any atom is 0.296 e. The largest absolute Gasteiger partial charge is 0.296 e. The Morgan fingerprint density at radius 1 is 1.61 bits per heavy atom. The summed E-state index contributed by atoms with van der Waals surface area (Å²) in [5.41, 5.74) is -0.00556. The number of benzene rings is 1. The molecule has 0 spiro atoms. The molecular weight excluding hydrogens is 298 g/mol. The summed E-state index contributed by atoms with van der Waals surface area (Å²) < 4.78 is 31.4. The van der Waals surface area contributed by atoms with E-state index in [1.807, 2.05) is 0 Å². The van der Waals surface area contributed by atoms with Crippen LogP contribution in [0.25, 0.3) is 0 Å². The van der Waals surface area contributed by atoms with Crippen LogP contribution in [0, 0.1) is 11.5 Å². The summed E-state index contributed by atoms with van der Waals surface area (Å²) in [5.74, 6) is 0. The van der Waals surface area contributed by atoms with Gasteiger partial charge in [0.15, 0.2) is 11.4 Å². The minimum absolute atomic E-state index is 0.00556. The normalized spacial score (nSPS) is 12.0. The Kier molecular flexibility index (Phi) is 4.98. The van der Waals surface area contributed by atoms with Gasteiger partial charge in [0.05, 0.1) is 5.69 Å². The zero-order valence-corrected chi connectivity index (χ0v) is 11.5. The quantitative estimate of drug-likeness (QED) is 0.285. The van der Waals surface area contributed by atoms with Crippen LogP contribution >= 0.6 is 23.4 Å². The molecule has 0 unspecified atom stereocenters. The Hall–Kier alpha value is -1.27. The first-order chi connectivity index (χ1) is 8.38. The summed E-state index contributed by atoms with van der Waals surface area (Å²) in [5, 5.41) is 11.1.